The standard InChI is InChI=1S/C13H10Br2/c14-13(15)12-9-5-4-8-11(12)10-6-2-1-3-7-10/h1-8H,9H2. The van der Waals surface area contributed by atoms with Crippen LogP contribution in [0.1, 0.15) is 12.0 Å². The Hall–Kier alpha value is -0.600. The summed E-state index contributed by atoms with van der Waals surface area (Å²) < 4.78 is 1.04. The van der Waals surface area contributed by atoms with Gasteiger partial charge in [-0.1, -0.05) is 48.6 Å². The summed E-state index contributed by atoms with van der Waals surface area (Å²) in [5.74, 6) is 0. The van der Waals surface area contributed by atoms with Crippen molar-refractivity contribution in [3.63, 3.8) is 0 Å². The van der Waals surface area contributed by atoms with Gasteiger partial charge in [-0.3, -0.25) is 0 Å². The minimum atomic E-state index is 0.965. The van der Waals surface area contributed by atoms with Crippen molar-refractivity contribution in [1.82, 2.24) is 0 Å². The highest BCUT2D eigenvalue weighted by molar-refractivity contribution is 9.28. The van der Waals surface area contributed by atoms with Crippen molar-refractivity contribution < 1.29 is 0 Å². The molecule has 0 amide bonds. The van der Waals surface area contributed by atoms with E-state index in [1.54, 1.807) is 0 Å². The summed E-state index contributed by atoms with van der Waals surface area (Å²) in [6.45, 7) is 0. The van der Waals surface area contributed by atoms with E-state index in [9.17, 15) is 0 Å². The van der Waals surface area contributed by atoms with Gasteiger partial charge in [-0.05, 0) is 55.0 Å². The molecule has 0 heterocycles. The van der Waals surface area contributed by atoms with E-state index in [4.69, 9.17) is 0 Å². The van der Waals surface area contributed by atoms with Crippen LogP contribution in [0.5, 0.6) is 0 Å². The van der Waals surface area contributed by atoms with E-state index in [0.29, 0.717) is 0 Å². The lowest BCUT2D eigenvalue weighted by molar-refractivity contribution is 1.28. The zero-order valence-corrected chi connectivity index (χ0v) is 11.3. The Bertz CT molecular complexity index is 435. The molecule has 0 aromatic heterocycles. The van der Waals surface area contributed by atoms with E-state index >= 15 is 0 Å². The Labute approximate surface area is 107 Å². The van der Waals surface area contributed by atoms with Gasteiger partial charge in [0.25, 0.3) is 0 Å². The number of hydrogen-bond donors (Lipinski definition) is 0. The number of benzene rings is 1. The maximum atomic E-state index is 3.50. The van der Waals surface area contributed by atoms with Crippen LogP contribution in [-0.2, 0) is 0 Å². The maximum Gasteiger partial charge on any atom is 0.0645 e. The molecule has 2 rings (SSSR count). The van der Waals surface area contributed by atoms with E-state index in [2.05, 4.69) is 74.4 Å². The summed E-state index contributed by atoms with van der Waals surface area (Å²) in [4.78, 5) is 0. The highest BCUT2D eigenvalue weighted by atomic mass is 79.9. The van der Waals surface area contributed by atoms with Crippen molar-refractivity contribution >= 4 is 37.4 Å². The average Bonchev–Trinajstić information content (AvgIpc) is 2.30. The van der Waals surface area contributed by atoms with Gasteiger partial charge in [0.15, 0.2) is 0 Å². The molecule has 0 unspecified atom stereocenters. The Kier molecular flexibility index (Phi) is 3.60. The first kappa shape index (κ1) is 10.9. The fourth-order valence-corrected chi connectivity index (χ4v) is 2.38. The van der Waals surface area contributed by atoms with E-state index < -0.39 is 0 Å². The van der Waals surface area contributed by atoms with Crippen molar-refractivity contribution in [3.8, 4) is 0 Å². The molecule has 0 aliphatic heterocycles. The molecule has 1 aliphatic carbocycles. The van der Waals surface area contributed by atoms with Crippen LogP contribution in [0.2, 0.25) is 0 Å². The van der Waals surface area contributed by atoms with Crippen LogP contribution in [0.15, 0.2) is 57.5 Å². The predicted octanol–water partition coefficient (Wildman–Crippen LogP) is 5.03. The third kappa shape index (κ3) is 2.50. The van der Waals surface area contributed by atoms with E-state index in [1.807, 2.05) is 6.07 Å². The normalized spacial score (nSPS) is 15.1. The monoisotopic (exact) mass is 324 g/mol. The van der Waals surface area contributed by atoms with Gasteiger partial charge < -0.3 is 0 Å². The molecular weight excluding hydrogens is 316 g/mol. The summed E-state index contributed by atoms with van der Waals surface area (Å²) in [5, 5.41) is 0. The molecule has 0 radical (unpaired) electrons. The summed E-state index contributed by atoms with van der Waals surface area (Å²) >= 11 is 6.99. The molecule has 0 saturated carbocycles. The predicted molar refractivity (Wildman–Crippen MR) is 73.1 cm³/mol. The summed E-state index contributed by atoms with van der Waals surface area (Å²) in [6, 6.07) is 10.4. The lowest BCUT2D eigenvalue weighted by Crippen LogP contribution is -1.93. The first-order chi connectivity index (χ1) is 7.29. The Balaban J connectivity index is 2.48. The Morgan fingerprint density at radius 3 is 2.47 bits per heavy atom. The van der Waals surface area contributed by atoms with Gasteiger partial charge in [-0.2, -0.15) is 0 Å². The maximum absolute atomic E-state index is 3.50. The van der Waals surface area contributed by atoms with Gasteiger partial charge in [-0.25, -0.2) is 0 Å². The third-order valence-corrected chi connectivity index (χ3v) is 3.32. The van der Waals surface area contributed by atoms with Crippen LogP contribution < -0.4 is 0 Å². The fourth-order valence-electron chi connectivity index (χ4n) is 1.63. The minimum absolute atomic E-state index is 0.965. The van der Waals surface area contributed by atoms with Gasteiger partial charge in [-0.15, -0.1) is 0 Å². The van der Waals surface area contributed by atoms with Gasteiger partial charge in [0, 0.05) is 0 Å². The molecule has 0 bridgehead atoms. The van der Waals surface area contributed by atoms with Crippen LogP contribution in [-0.4, -0.2) is 0 Å². The second-order valence-corrected chi connectivity index (χ2v) is 5.97. The SMILES string of the molecule is BrC(Br)=C1CC=CC=C1c1ccccc1. The second kappa shape index (κ2) is 4.95. The molecule has 0 atom stereocenters. The summed E-state index contributed by atoms with van der Waals surface area (Å²) in [7, 11) is 0. The molecule has 0 fully saturated rings. The zero-order valence-electron chi connectivity index (χ0n) is 8.08. The fraction of sp³-hybridized carbons (Fsp3) is 0.0769. The topological polar surface area (TPSA) is 0 Å². The largest absolute Gasteiger partial charge is 0.0800 e. The van der Waals surface area contributed by atoms with Crippen LogP contribution in [0.4, 0.5) is 0 Å². The number of allylic oxidation sites excluding steroid dienone is 5. The van der Waals surface area contributed by atoms with Crippen LogP contribution >= 0.6 is 31.9 Å². The van der Waals surface area contributed by atoms with E-state index in [1.165, 1.54) is 16.7 Å². The van der Waals surface area contributed by atoms with Crippen LogP contribution in [0.25, 0.3) is 5.57 Å². The van der Waals surface area contributed by atoms with Gasteiger partial charge in [0.2, 0.25) is 0 Å². The molecule has 2 heteroatoms. The van der Waals surface area contributed by atoms with Gasteiger partial charge in [0.1, 0.15) is 0 Å². The molecule has 0 saturated heterocycles. The second-order valence-electron chi connectivity index (χ2n) is 3.32. The Morgan fingerprint density at radius 1 is 1.07 bits per heavy atom. The van der Waals surface area contributed by atoms with Crippen molar-refractivity contribution in [1.29, 1.82) is 0 Å². The van der Waals surface area contributed by atoms with Crippen molar-refractivity contribution in [2.75, 3.05) is 0 Å². The van der Waals surface area contributed by atoms with Crippen LogP contribution in [0.3, 0.4) is 0 Å². The summed E-state index contributed by atoms with van der Waals surface area (Å²) in [5.41, 5.74) is 3.83. The molecule has 1 aliphatic rings. The Morgan fingerprint density at radius 2 is 1.80 bits per heavy atom. The number of hydrogen-bond acceptors (Lipinski definition) is 0. The molecule has 15 heavy (non-hydrogen) atoms. The van der Waals surface area contributed by atoms with Crippen molar-refractivity contribution in [2.24, 2.45) is 0 Å². The number of halogens is 2. The number of rotatable bonds is 1. The highest BCUT2D eigenvalue weighted by Gasteiger charge is 2.11. The highest BCUT2D eigenvalue weighted by Crippen LogP contribution is 2.35. The summed E-state index contributed by atoms with van der Waals surface area (Å²) in [6.07, 6.45) is 7.38. The molecule has 0 nitrogen and oxygen atoms in total. The minimum Gasteiger partial charge on any atom is -0.0800 e. The molecule has 76 valence electrons. The van der Waals surface area contributed by atoms with Gasteiger partial charge >= 0.3 is 0 Å². The van der Waals surface area contributed by atoms with Crippen molar-refractivity contribution in [2.45, 2.75) is 6.42 Å². The molecule has 0 spiro atoms. The first-order valence-electron chi connectivity index (χ1n) is 4.76. The molecule has 1 aromatic rings. The quantitative estimate of drug-likeness (QED) is 0.679. The molecule has 1 aromatic carbocycles. The van der Waals surface area contributed by atoms with E-state index in [0.717, 1.165) is 9.81 Å². The molecular formula is C13H10Br2. The van der Waals surface area contributed by atoms with E-state index in [-0.39, 0.29) is 0 Å². The van der Waals surface area contributed by atoms with Crippen LogP contribution in [0, 0.1) is 0 Å². The van der Waals surface area contributed by atoms with Gasteiger partial charge in [0.05, 0.1) is 3.39 Å². The lowest BCUT2D eigenvalue weighted by Gasteiger charge is -2.14. The first-order valence-corrected chi connectivity index (χ1v) is 6.34. The zero-order chi connectivity index (χ0) is 10.7. The lowest BCUT2D eigenvalue weighted by atomic mass is 9.93. The molecule has 0 N–H and O–H groups in total. The smallest absolute Gasteiger partial charge is 0.0645 e. The average molecular weight is 326 g/mol. The third-order valence-electron chi connectivity index (χ3n) is 2.36. The van der Waals surface area contributed by atoms with Crippen molar-refractivity contribution in [3.05, 3.63) is 63.1 Å².